The van der Waals surface area contributed by atoms with Gasteiger partial charge in [-0.15, -0.1) is 0 Å². The Morgan fingerprint density at radius 3 is 2.41 bits per heavy atom. The molecule has 1 amide bonds. The second-order valence-corrected chi connectivity index (χ2v) is 7.32. The minimum absolute atomic E-state index is 0.0245. The Bertz CT molecular complexity index is 1050. The number of amides is 1. The molecule has 7 heteroatoms. The van der Waals surface area contributed by atoms with Crippen LogP contribution in [0.3, 0.4) is 0 Å². The third-order valence-corrected chi connectivity index (χ3v) is 5.19. The number of nitro benzene ring substituents is 1. The van der Waals surface area contributed by atoms with Crippen molar-refractivity contribution in [1.29, 1.82) is 0 Å². The Kier molecular flexibility index (Phi) is 5.12. The van der Waals surface area contributed by atoms with Crippen LogP contribution in [0.5, 0.6) is 0 Å². The quantitative estimate of drug-likeness (QED) is 0.489. The van der Waals surface area contributed by atoms with E-state index in [-0.39, 0.29) is 11.6 Å². The number of piperidine rings is 1. The number of aryl methyl sites for hydroxylation is 1. The molecule has 148 valence electrons. The van der Waals surface area contributed by atoms with Crippen LogP contribution in [0.4, 0.5) is 5.69 Å². The fraction of sp³-hybridized carbons (Fsp3) is 0.273. The number of non-ortho nitro benzene ring substituents is 1. The van der Waals surface area contributed by atoms with Gasteiger partial charge in [-0.25, -0.2) is 4.68 Å². The first-order chi connectivity index (χ1) is 14.0. The zero-order valence-electron chi connectivity index (χ0n) is 16.2. The van der Waals surface area contributed by atoms with Gasteiger partial charge in [0.2, 0.25) is 0 Å². The lowest BCUT2D eigenvalue weighted by atomic mass is 10.1. The van der Waals surface area contributed by atoms with Crippen molar-refractivity contribution in [2.45, 2.75) is 26.2 Å². The van der Waals surface area contributed by atoms with Crippen LogP contribution in [0, 0.1) is 17.0 Å². The van der Waals surface area contributed by atoms with Crippen LogP contribution in [-0.4, -0.2) is 38.6 Å². The highest BCUT2D eigenvalue weighted by Gasteiger charge is 2.24. The van der Waals surface area contributed by atoms with Gasteiger partial charge >= 0.3 is 0 Å². The molecule has 7 nitrogen and oxygen atoms in total. The first-order valence-electron chi connectivity index (χ1n) is 9.74. The van der Waals surface area contributed by atoms with Gasteiger partial charge in [-0.2, -0.15) is 5.10 Å². The van der Waals surface area contributed by atoms with Crippen LogP contribution >= 0.6 is 0 Å². The highest BCUT2D eigenvalue weighted by atomic mass is 16.6. The Morgan fingerprint density at radius 1 is 1.03 bits per heavy atom. The lowest BCUT2D eigenvalue weighted by Gasteiger charge is -2.26. The number of carbonyl (C=O) groups is 1. The van der Waals surface area contributed by atoms with E-state index >= 15 is 0 Å². The number of hydrogen-bond acceptors (Lipinski definition) is 4. The molecule has 0 spiro atoms. The van der Waals surface area contributed by atoms with Crippen molar-refractivity contribution in [1.82, 2.24) is 14.7 Å². The predicted molar refractivity (Wildman–Crippen MR) is 110 cm³/mol. The number of aromatic nitrogens is 2. The second kappa shape index (κ2) is 7.87. The van der Waals surface area contributed by atoms with Gasteiger partial charge in [-0.3, -0.25) is 14.9 Å². The summed E-state index contributed by atoms with van der Waals surface area (Å²) in [6.07, 6.45) is 3.17. The van der Waals surface area contributed by atoms with Gasteiger partial charge in [0.25, 0.3) is 11.6 Å². The average molecular weight is 390 g/mol. The highest BCUT2D eigenvalue weighted by molar-refractivity contribution is 5.94. The van der Waals surface area contributed by atoms with E-state index < -0.39 is 4.92 Å². The number of likely N-dealkylation sites (tertiary alicyclic amines) is 1. The van der Waals surface area contributed by atoms with E-state index in [9.17, 15) is 14.9 Å². The third kappa shape index (κ3) is 3.89. The molecule has 0 N–H and O–H groups in total. The van der Waals surface area contributed by atoms with Crippen molar-refractivity contribution in [3.63, 3.8) is 0 Å². The van der Waals surface area contributed by atoms with Gasteiger partial charge in [0, 0.05) is 30.8 Å². The molecule has 1 aliphatic heterocycles. The molecule has 2 aromatic carbocycles. The first kappa shape index (κ1) is 18.9. The molecule has 3 aromatic rings. The lowest BCUT2D eigenvalue weighted by molar-refractivity contribution is -0.384. The summed E-state index contributed by atoms with van der Waals surface area (Å²) in [7, 11) is 0. The van der Waals surface area contributed by atoms with Crippen LogP contribution in [-0.2, 0) is 0 Å². The van der Waals surface area contributed by atoms with Gasteiger partial charge < -0.3 is 4.90 Å². The molecule has 0 saturated carbocycles. The van der Waals surface area contributed by atoms with Gasteiger partial charge in [-0.05, 0) is 62.1 Å². The summed E-state index contributed by atoms with van der Waals surface area (Å²) in [5.74, 6) is -0.0353. The van der Waals surface area contributed by atoms with E-state index in [1.165, 1.54) is 12.1 Å². The van der Waals surface area contributed by atoms with E-state index in [4.69, 9.17) is 0 Å². The molecule has 1 aliphatic rings. The van der Waals surface area contributed by atoms with E-state index in [0.29, 0.717) is 11.4 Å². The average Bonchev–Trinajstić information content (AvgIpc) is 3.19. The summed E-state index contributed by atoms with van der Waals surface area (Å²) in [5, 5.41) is 15.6. The summed E-state index contributed by atoms with van der Waals surface area (Å²) >= 11 is 0. The largest absolute Gasteiger partial charge is 0.337 e. The molecule has 0 atom stereocenters. The molecule has 0 unspecified atom stereocenters. The zero-order chi connectivity index (χ0) is 20.4. The summed E-state index contributed by atoms with van der Waals surface area (Å²) < 4.78 is 1.68. The lowest BCUT2D eigenvalue weighted by Crippen LogP contribution is -2.36. The maximum atomic E-state index is 13.2. The molecule has 29 heavy (non-hydrogen) atoms. The van der Waals surface area contributed by atoms with E-state index in [0.717, 1.165) is 49.2 Å². The number of hydrogen-bond donors (Lipinski definition) is 0. The topological polar surface area (TPSA) is 81.3 Å². The van der Waals surface area contributed by atoms with Crippen LogP contribution in [0.1, 0.15) is 35.3 Å². The molecule has 1 fully saturated rings. The van der Waals surface area contributed by atoms with Crippen molar-refractivity contribution in [2.75, 3.05) is 13.1 Å². The Labute approximate surface area is 168 Å². The summed E-state index contributed by atoms with van der Waals surface area (Å²) in [6, 6.07) is 15.8. The van der Waals surface area contributed by atoms with Crippen LogP contribution in [0.25, 0.3) is 16.9 Å². The fourth-order valence-corrected chi connectivity index (χ4v) is 3.64. The Balaban J connectivity index is 1.77. The van der Waals surface area contributed by atoms with E-state index in [2.05, 4.69) is 5.10 Å². The van der Waals surface area contributed by atoms with Crippen molar-refractivity contribution in [3.05, 3.63) is 76.0 Å². The predicted octanol–water partition coefficient (Wildman–Crippen LogP) is 4.38. The SMILES string of the molecule is Cc1cccc(-n2nc(-c3ccc([N+](=O)[O-])cc3)cc2C(=O)N2CCCCC2)c1. The molecule has 0 radical (unpaired) electrons. The van der Waals surface area contributed by atoms with Crippen LogP contribution in [0.2, 0.25) is 0 Å². The van der Waals surface area contributed by atoms with Crippen molar-refractivity contribution in [2.24, 2.45) is 0 Å². The third-order valence-electron chi connectivity index (χ3n) is 5.19. The number of nitrogens with zero attached hydrogens (tertiary/aromatic N) is 4. The van der Waals surface area contributed by atoms with Gasteiger partial charge in [-0.1, -0.05) is 12.1 Å². The van der Waals surface area contributed by atoms with Gasteiger partial charge in [0.1, 0.15) is 5.69 Å². The maximum absolute atomic E-state index is 13.2. The molecule has 0 bridgehead atoms. The molecule has 0 aliphatic carbocycles. The molecule has 2 heterocycles. The van der Waals surface area contributed by atoms with Crippen LogP contribution < -0.4 is 0 Å². The number of rotatable bonds is 4. The molecular formula is C22H22N4O3. The molecule has 4 rings (SSSR count). The second-order valence-electron chi connectivity index (χ2n) is 7.32. The molecule has 1 saturated heterocycles. The van der Waals surface area contributed by atoms with Crippen molar-refractivity contribution < 1.29 is 9.72 Å². The minimum Gasteiger partial charge on any atom is -0.337 e. The summed E-state index contributed by atoms with van der Waals surface area (Å²) in [4.78, 5) is 25.6. The Hall–Kier alpha value is -3.48. The van der Waals surface area contributed by atoms with E-state index in [1.54, 1.807) is 22.9 Å². The number of nitro groups is 1. The van der Waals surface area contributed by atoms with Crippen molar-refractivity contribution >= 4 is 11.6 Å². The summed E-state index contributed by atoms with van der Waals surface area (Å²) in [5.41, 5.74) is 3.77. The smallest absolute Gasteiger partial charge is 0.272 e. The fourth-order valence-electron chi connectivity index (χ4n) is 3.64. The Morgan fingerprint density at radius 2 is 1.76 bits per heavy atom. The first-order valence-corrected chi connectivity index (χ1v) is 9.74. The maximum Gasteiger partial charge on any atom is 0.272 e. The van der Waals surface area contributed by atoms with Crippen molar-refractivity contribution in [3.8, 4) is 16.9 Å². The van der Waals surface area contributed by atoms with Crippen LogP contribution in [0.15, 0.2) is 54.6 Å². The molecule has 1 aromatic heterocycles. The zero-order valence-corrected chi connectivity index (χ0v) is 16.2. The number of benzene rings is 2. The van der Waals surface area contributed by atoms with E-state index in [1.807, 2.05) is 36.1 Å². The summed E-state index contributed by atoms with van der Waals surface area (Å²) in [6.45, 7) is 3.51. The van der Waals surface area contributed by atoms with Gasteiger partial charge in [0.15, 0.2) is 0 Å². The number of carbonyl (C=O) groups excluding carboxylic acids is 1. The highest BCUT2D eigenvalue weighted by Crippen LogP contribution is 2.26. The normalized spacial score (nSPS) is 14.0. The van der Waals surface area contributed by atoms with Gasteiger partial charge in [0.05, 0.1) is 16.3 Å². The monoisotopic (exact) mass is 390 g/mol. The standard InChI is InChI=1S/C22H22N4O3/c1-16-6-5-7-19(14-16)25-21(22(27)24-12-3-2-4-13-24)15-20(23-25)17-8-10-18(11-9-17)26(28)29/h5-11,14-15H,2-4,12-13H2,1H3. The molecular weight excluding hydrogens is 368 g/mol. The minimum atomic E-state index is -0.430.